The van der Waals surface area contributed by atoms with Gasteiger partial charge in [-0.2, -0.15) is 0 Å². The minimum absolute atomic E-state index is 0.0626. The van der Waals surface area contributed by atoms with E-state index in [0.717, 1.165) is 42.4 Å². The predicted molar refractivity (Wildman–Crippen MR) is 106 cm³/mol. The van der Waals surface area contributed by atoms with Crippen molar-refractivity contribution in [1.82, 2.24) is 14.9 Å². The van der Waals surface area contributed by atoms with E-state index in [1.165, 1.54) is 0 Å². The van der Waals surface area contributed by atoms with Gasteiger partial charge < -0.3 is 20.6 Å². The van der Waals surface area contributed by atoms with Crippen LogP contribution in [0.3, 0.4) is 0 Å². The molecule has 0 aromatic carbocycles. The molecule has 1 fully saturated rings. The zero-order valence-corrected chi connectivity index (χ0v) is 16.0. The smallest absolute Gasteiger partial charge is 0.222 e. The van der Waals surface area contributed by atoms with E-state index in [2.05, 4.69) is 14.9 Å². The molecule has 0 radical (unpaired) electrons. The number of nitrogens with two attached hydrogens (primary N) is 1. The lowest BCUT2D eigenvalue weighted by molar-refractivity contribution is -0.133. The Labute approximate surface area is 160 Å². The van der Waals surface area contributed by atoms with E-state index in [1.807, 2.05) is 18.3 Å². The topological polar surface area (TPSA) is 95.6 Å². The Balaban J connectivity index is 1.70. The van der Waals surface area contributed by atoms with Crippen LogP contribution in [0, 0.1) is 0 Å². The van der Waals surface area contributed by atoms with Gasteiger partial charge in [0.15, 0.2) is 0 Å². The summed E-state index contributed by atoms with van der Waals surface area (Å²) in [5, 5.41) is 12.2. The Morgan fingerprint density at radius 2 is 2.22 bits per heavy atom. The fourth-order valence-electron chi connectivity index (χ4n) is 3.84. The Morgan fingerprint density at radius 1 is 1.37 bits per heavy atom. The fraction of sp³-hybridized carbons (Fsp3) is 0.550. The number of hydrogen-bond donors (Lipinski definition) is 2. The van der Waals surface area contributed by atoms with Gasteiger partial charge in [-0.1, -0.05) is 0 Å². The molecule has 7 heteroatoms. The molecule has 0 bridgehead atoms. The number of pyridine rings is 2. The molecule has 3 N–H and O–H groups in total. The van der Waals surface area contributed by atoms with Gasteiger partial charge in [0.25, 0.3) is 0 Å². The maximum Gasteiger partial charge on any atom is 0.222 e. The highest BCUT2D eigenvalue weighted by Gasteiger charge is 2.35. The SMILES string of the molecule is CN(C[C@]1(O)CCCN(c2ccnc3ccncc23)C1)C(=O)CCCCN. The molecule has 1 aliphatic heterocycles. The highest BCUT2D eigenvalue weighted by Crippen LogP contribution is 2.30. The molecule has 0 aliphatic carbocycles. The van der Waals surface area contributed by atoms with Crippen molar-refractivity contribution < 1.29 is 9.90 Å². The number of carbonyl (C=O) groups is 1. The molecule has 1 amide bonds. The Bertz CT molecular complexity index is 779. The van der Waals surface area contributed by atoms with E-state index in [1.54, 1.807) is 24.3 Å². The lowest BCUT2D eigenvalue weighted by atomic mass is 9.91. The number of rotatable bonds is 7. The van der Waals surface area contributed by atoms with Crippen LogP contribution in [0.1, 0.15) is 32.1 Å². The summed E-state index contributed by atoms with van der Waals surface area (Å²) in [7, 11) is 1.77. The summed E-state index contributed by atoms with van der Waals surface area (Å²) >= 11 is 0. The van der Waals surface area contributed by atoms with Crippen LogP contribution in [-0.4, -0.2) is 64.7 Å². The van der Waals surface area contributed by atoms with Crippen LogP contribution in [0.4, 0.5) is 5.69 Å². The van der Waals surface area contributed by atoms with Crippen LogP contribution in [0.5, 0.6) is 0 Å². The Hall–Kier alpha value is -2.25. The van der Waals surface area contributed by atoms with E-state index in [-0.39, 0.29) is 5.91 Å². The number of amides is 1. The van der Waals surface area contributed by atoms with Crippen LogP contribution >= 0.6 is 0 Å². The number of nitrogens with zero attached hydrogens (tertiary/aromatic N) is 4. The molecule has 2 aromatic heterocycles. The molecule has 3 heterocycles. The lowest BCUT2D eigenvalue weighted by Crippen LogP contribution is -2.54. The first-order chi connectivity index (χ1) is 13.0. The van der Waals surface area contributed by atoms with E-state index >= 15 is 0 Å². The summed E-state index contributed by atoms with van der Waals surface area (Å²) in [4.78, 5) is 24.8. The Kier molecular flexibility index (Phi) is 6.23. The van der Waals surface area contributed by atoms with Crippen molar-refractivity contribution >= 4 is 22.5 Å². The van der Waals surface area contributed by atoms with E-state index in [0.29, 0.717) is 32.5 Å². The third-order valence-corrected chi connectivity index (χ3v) is 5.22. The molecule has 0 spiro atoms. The molecule has 7 nitrogen and oxygen atoms in total. The van der Waals surface area contributed by atoms with Crippen molar-refractivity contribution in [2.75, 3.05) is 38.1 Å². The molecular weight excluding hydrogens is 342 g/mol. The van der Waals surface area contributed by atoms with Crippen LogP contribution < -0.4 is 10.6 Å². The number of hydrogen-bond acceptors (Lipinski definition) is 6. The lowest BCUT2D eigenvalue weighted by Gasteiger charge is -2.42. The molecule has 3 rings (SSSR count). The van der Waals surface area contributed by atoms with Crippen molar-refractivity contribution in [3.05, 3.63) is 30.7 Å². The van der Waals surface area contributed by atoms with Crippen LogP contribution in [0.25, 0.3) is 10.9 Å². The maximum absolute atomic E-state index is 12.3. The second-order valence-electron chi connectivity index (χ2n) is 7.47. The van der Waals surface area contributed by atoms with Crippen LogP contribution in [0.15, 0.2) is 30.7 Å². The molecule has 146 valence electrons. The molecule has 1 saturated heterocycles. The maximum atomic E-state index is 12.3. The predicted octanol–water partition coefficient (Wildman–Crippen LogP) is 1.55. The van der Waals surface area contributed by atoms with Crippen LogP contribution in [0.2, 0.25) is 0 Å². The second-order valence-corrected chi connectivity index (χ2v) is 7.47. The van der Waals surface area contributed by atoms with E-state index < -0.39 is 5.60 Å². The summed E-state index contributed by atoms with van der Waals surface area (Å²) in [6.45, 7) is 2.29. The molecule has 1 aliphatic rings. The van der Waals surface area contributed by atoms with Gasteiger partial charge in [0.1, 0.15) is 0 Å². The van der Waals surface area contributed by atoms with Crippen molar-refractivity contribution in [1.29, 1.82) is 0 Å². The molecular formula is C20H29N5O2. The van der Waals surface area contributed by atoms with E-state index in [4.69, 9.17) is 5.73 Å². The average molecular weight is 371 g/mol. The first-order valence-electron chi connectivity index (χ1n) is 9.62. The first kappa shape index (κ1) is 19.5. The number of carbonyl (C=O) groups excluding carboxylic acids is 1. The van der Waals surface area contributed by atoms with Gasteiger partial charge in [-0.15, -0.1) is 0 Å². The number of fused-ring (bicyclic) bond motifs is 1. The zero-order chi connectivity index (χ0) is 19.3. The molecule has 1 atom stereocenters. The standard InChI is InChI=1S/C20H29N5O2/c1-24(19(26)5-2-3-9-21)14-20(27)8-4-12-25(15-20)18-7-11-23-17-6-10-22-13-16(17)18/h6-7,10-11,13,27H,2-5,8-9,12,14-15,21H2,1H3/t20-/m1/s1. The third-order valence-electron chi connectivity index (χ3n) is 5.22. The first-order valence-corrected chi connectivity index (χ1v) is 9.62. The summed E-state index contributed by atoms with van der Waals surface area (Å²) in [5.41, 5.74) is 6.49. The highest BCUT2D eigenvalue weighted by molar-refractivity contribution is 5.90. The van der Waals surface area contributed by atoms with Crippen molar-refractivity contribution in [3.63, 3.8) is 0 Å². The largest absolute Gasteiger partial charge is 0.386 e. The van der Waals surface area contributed by atoms with Crippen molar-refractivity contribution in [2.24, 2.45) is 5.73 Å². The van der Waals surface area contributed by atoms with Gasteiger partial charge in [-0.25, -0.2) is 0 Å². The quantitative estimate of drug-likeness (QED) is 0.717. The molecule has 2 aromatic rings. The summed E-state index contributed by atoms with van der Waals surface area (Å²) in [5.74, 6) is 0.0626. The monoisotopic (exact) mass is 371 g/mol. The average Bonchev–Trinajstić information content (AvgIpc) is 2.67. The summed E-state index contributed by atoms with van der Waals surface area (Å²) in [6.07, 6.45) is 9.02. The number of anilines is 1. The van der Waals surface area contributed by atoms with E-state index in [9.17, 15) is 9.90 Å². The third kappa shape index (κ3) is 4.73. The molecule has 27 heavy (non-hydrogen) atoms. The number of aromatic nitrogens is 2. The Morgan fingerprint density at radius 3 is 3.04 bits per heavy atom. The van der Waals surface area contributed by atoms with Crippen molar-refractivity contribution in [2.45, 2.75) is 37.7 Å². The summed E-state index contributed by atoms with van der Waals surface area (Å²) in [6, 6.07) is 3.86. The molecule has 0 unspecified atom stereocenters. The number of piperidine rings is 1. The van der Waals surface area contributed by atoms with Gasteiger partial charge in [0, 0.05) is 56.2 Å². The normalized spacial score (nSPS) is 20.0. The minimum atomic E-state index is -0.922. The van der Waals surface area contributed by atoms with Gasteiger partial charge in [0.2, 0.25) is 5.91 Å². The second kappa shape index (κ2) is 8.63. The van der Waals surface area contributed by atoms with Crippen LogP contribution in [-0.2, 0) is 4.79 Å². The van der Waals surface area contributed by atoms with Gasteiger partial charge in [-0.3, -0.25) is 14.8 Å². The van der Waals surface area contributed by atoms with Gasteiger partial charge in [-0.05, 0) is 44.4 Å². The van der Waals surface area contributed by atoms with Gasteiger partial charge in [0.05, 0.1) is 17.7 Å². The number of aliphatic hydroxyl groups is 1. The zero-order valence-electron chi connectivity index (χ0n) is 16.0. The number of unbranched alkanes of at least 4 members (excludes halogenated alkanes) is 1. The minimum Gasteiger partial charge on any atom is -0.386 e. The van der Waals surface area contributed by atoms with Crippen molar-refractivity contribution in [3.8, 4) is 0 Å². The van der Waals surface area contributed by atoms with Gasteiger partial charge >= 0.3 is 0 Å². The fourth-order valence-corrected chi connectivity index (χ4v) is 3.84. The summed E-state index contributed by atoms with van der Waals surface area (Å²) < 4.78 is 0. The highest BCUT2D eigenvalue weighted by atomic mass is 16.3. The number of β-amino-alcohol motifs (C(OH)–C–C–N with tert-alkyl or cyclic N) is 1. The molecule has 0 saturated carbocycles. The number of likely N-dealkylation sites (N-methyl/N-ethyl adjacent to an activating group) is 1.